The highest BCUT2D eigenvalue weighted by Crippen LogP contribution is 2.05. The van der Waals surface area contributed by atoms with E-state index in [0.717, 1.165) is 57.5 Å². The zero-order valence-corrected chi connectivity index (χ0v) is 16.8. The number of benzene rings is 1. The smallest absolute Gasteiger partial charge is 0.190 e. The van der Waals surface area contributed by atoms with E-state index < -0.39 is 0 Å². The number of rotatable bonds is 11. The lowest BCUT2D eigenvalue weighted by Gasteiger charge is -2.13. The topological polar surface area (TPSA) is 63.5 Å². The van der Waals surface area contributed by atoms with Crippen molar-refractivity contribution < 1.29 is 4.74 Å². The summed E-state index contributed by atoms with van der Waals surface area (Å²) in [5, 5.41) is 6.68. The van der Waals surface area contributed by atoms with Crippen molar-refractivity contribution in [2.75, 3.05) is 33.4 Å². The van der Waals surface area contributed by atoms with Crippen molar-refractivity contribution in [1.82, 2.24) is 20.2 Å². The molecule has 0 spiro atoms. The normalized spacial score (nSPS) is 11.8. The Labute approximate surface area is 163 Å². The van der Waals surface area contributed by atoms with Gasteiger partial charge in [-0.15, -0.1) is 0 Å². The van der Waals surface area contributed by atoms with Gasteiger partial charge in [0.05, 0.1) is 0 Å². The molecule has 1 aromatic heterocycles. The molecule has 0 fully saturated rings. The van der Waals surface area contributed by atoms with Crippen LogP contribution in [0.5, 0.6) is 0 Å². The van der Waals surface area contributed by atoms with Gasteiger partial charge in [-0.1, -0.05) is 44.2 Å². The molecule has 2 rings (SSSR count). The van der Waals surface area contributed by atoms with Crippen LogP contribution in [0.2, 0.25) is 0 Å². The third kappa shape index (κ3) is 8.26. The monoisotopic (exact) mass is 371 g/mol. The van der Waals surface area contributed by atoms with Crippen LogP contribution in [-0.2, 0) is 17.7 Å². The zero-order valence-electron chi connectivity index (χ0n) is 16.8. The van der Waals surface area contributed by atoms with Crippen molar-refractivity contribution in [3.8, 4) is 0 Å². The summed E-state index contributed by atoms with van der Waals surface area (Å²) in [6.45, 7) is 8.40. The molecule has 27 heavy (non-hydrogen) atoms. The van der Waals surface area contributed by atoms with Gasteiger partial charge >= 0.3 is 0 Å². The number of nitrogens with zero attached hydrogens (tertiary/aromatic N) is 3. The fraction of sp³-hybridized carbons (Fsp3) is 0.524. The van der Waals surface area contributed by atoms with Gasteiger partial charge in [0, 0.05) is 58.7 Å². The molecule has 6 heteroatoms. The minimum absolute atomic E-state index is 0.585. The van der Waals surface area contributed by atoms with Crippen LogP contribution in [0, 0.1) is 5.92 Å². The molecule has 0 aliphatic carbocycles. The molecule has 0 aliphatic rings. The van der Waals surface area contributed by atoms with Gasteiger partial charge in [0.1, 0.15) is 5.82 Å². The van der Waals surface area contributed by atoms with Crippen LogP contribution in [0.3, 0.4) is 0 Å². The molecule has 0 unspecified atom stereocenters. The summed E-state index contributed by atoms with van der Waals surface area (Å²) in [5.41, 5.74) is 1.28. The fourth-order valence-corrected chi connectivity index (χ4v) is 2.71. The molecule has 0 bridgehead atoms. The summed E-state index contributed by atoms with van der Waals surface area (Å²) in [7, 11) is 1.79. The third-order valence-corrected chi connectivity index (χ3v) is 4.07. The summed E-state index contributed by atoms with van der Waals surface area (Å²) < 4.78 is 7.79. The van der Waals surface area contributed by atoms with Gasteiger partial charge in [0.25, 0.3) is 0 Å². The molecule has 0 atom stereocenters. The average Bonchev–Trinajstić information content (AvgIpc) is 3.10. The summed E-state index contributed by atoms with van der Waals surface area (Å²) >= 11 is 0. The molecule has 6 nitrogen and oxygen atoms in total. The molecule has 0 saturated heterocycles. The number of imidazole rings is 1. The summed E-state index contributed by atoms with van der Waals surface area (Å²) in [6.07, 6.45) is 5.71. The molecule has 0 radical (unpaired) electrons. The number of ether oxygens (including phenoxy) is 1. The third-order valence-electron chi connectivity index (χ3n) is 4.07. The zero-order chi connectivity index (χ0) is 19.3. The Kier molecular flexibility index (Phi) is 9.41. The van der Waals surface area contributed by atoms with Gasteiger partial charge in [-0.3, -0.25) is 4.99 Å². The predicted molar refractivity (Wildman–Crippen MR) is 111 cm³/mol. The van der Waals surface area contributed by atoms with Crippen LogP contribution in [0.15, 0.2) is 47.7 Å². The van der Waals surface area contributed by atoms with E-state index in [1.165, 1.54) is 5.56 Å². The van der Waals surface area contributed by atoms with Crippen LogP contribution in [0.1, 0.15) is 31.7 Å². The Balaban J connectivity index is 1.67. The van der Waals surface area contributed by atoms with E-state index in [0.29, 0.717) is 5.92 Å². The van der Waals surface area contributed by atoms with E-state index in [2.05, 4.69) is 63.3 Å². The summed E-state index contributed by atoms with van der Waals surface area (Å²) in [5.74, 6) is 2.48. The molecular weight excluding hydrogens is 338 g/mol. The van der Waals surface area contributed by atoms with Gasteiger partial charge < -0.3 is 19.9 Å². The Bertz CT molecular complexity index is 666. The van der Waals surface area contributed by atoms with Gasteiger partial charge in [-0.2, -0.15) is 0 Å². The Morgan fingerprint density at radius 3 is 2.70 bits per heavy atom. The number of hydrogen-bond acceptors (Lipinski definition) is 3. The molecule has 1 heterocycles. The number of aromatic nitrogens is 2. The van der Waals surface area contributed by atoms with Crippen LogP contribution in [0.25, 0.3) is 0 Å². The van der Waals surface area contributed by atoms with Crippen molar-refractivity contribution >= 4 is 5.96 Å². The lowest BCUT2D eigenvalue weighted by atomic mass is 10.2. The second-order valence-corrected chi connectivity index (χ2v) is 6.96. The first-order valence-corrected chi connectivity index (χ1v) is 9.75. The van der Waals surface area contributed by atoms with Crippen LogP contribution in [0.4, 0.5) is 0 Å². The van der Waals surface area contributed by atoms with Crippen molar-refractivity contribution in [3.63, 3.8) is 0 Å². The highest BCUT2D eigenvalue weighted by atomic mass is 16.5. The predicted octanol–water partition coefficient (Wildman–Crippen LogP) is 2.70. The molecular formula is C21H33N5O. The number of guanidine groups is 1. The molecule has 0 saturated carbocycles. The SMILES string of the molecule is CN=C(NCCCOCC(C)C)NCCc1nccn1Cc1ccccc1. The van der Waals surface area contributed by atoms with E-state index in [9.17, 15) is 0 Å². The summed E-state index contributed by atoms with van der Waals surface area (Å²) in [6, 6.07) is 10.4. The lowest BCUT2D eigenvalue weighted by Crippen LogP contribution is -2.39. The van der Waals surface area contributed by atoms with Crippen LogP contribution < -0.4 is 10.6 Å². The number of nitrogens with one attached hydrogen (secondary N) is 2. The van der Waals surface area contributed by atoms with Gasteiger partial charge in [0.15, 0.2) is 5.96 Å². The largest absolute Gasteiger partial charge is 0.381 e. The second kappa shape index (κ2) is 12.1. The maximum Gasteiger partial charge on any atom is 0.190 e. The van der Waals surface area contributed by atoms with E-state index in [1.807, 2.05) is 18.5 Å². The highest BCUT2D eigenvalue weighted by Gasteiger charge is 2.04. The van der Waals surface area contributed by atoms with Crippen LogP contribution in [-0.4, -0.2) is 48.9 Å². The van der Waals surface area contributed by atoms with Crippen molar-refractivity contribution in [2.24, 2.45) is 10.9 Å². The molecule has 0 aliphatic heterocycles. The van der Waals surface area contributed by atoms with Crippen molar-refractivity contribution in [2.45, 2.75) is 33.2 Å². The maximum absolute atomic E-state index is 5.59. The van der Waals surface area contributed by atoms with E-state index >= 15 is 0 Å². The second-order valence-electron chi connectivity index (χ2n) is 6.96. The van der Waals surface area contributed by atoms with E-state index in [-0.39, 0.29) is 0 Å². The Morgan fingerprint density at radius 2 is 1.96 bits per heavy atom. The first kappa shape index (κ1) is 21.0. The van der Waals surface area contributed by atoms with Gasteiger partial charge in [0.2, 0.25) is 0 Å². The molecule has 0 amide bonds. The summed E-state index contributed by atoms with van der Waals surface area (Å²) in [4.78, 5) is 8.76. The molecule has 2 N–H and O–H groups in total. The lowest BCUT2D eigenvalue weighted by molar-refractivity contribution is 0.108. The van der Waals surface area contributed by atoms with Crippen molar-refractivity contribution in [3.05, 3.63) is 54.1 Å². The quantitative estimate of drug-likeness (QED) is 0.362. The first-order valence-electron chi connectivity index (χ1n) is 9.75. The first-order chi connectivity index (χ1) is 13.2. The van der Waals surface area contributed by atoms with Gasteiger partial charge in [-0.25, -0.2) is 4.98 Å². The molecule has 2 aromatic rings. The van der Waals surface area contributed by atoms with E-state index in [4.69, 9.17) is 4.74 Å². The molecule has 1 aromatic carbocycles. The Morgan fingerprint density at radius 1 is 1.19 bits per heavy atom. The average molecular weight is 372 g/mol. The van der Waals surface area contributed by atoms with Crippen molar-refractivity contribution in [1.29, 1.82) is 0 Å². The number of aliphatic imine (C=N–C) groups is 1. The van der Waals surface area contributed by atoms with Crippen LogP contribution >= 0.6 is 0 Å². The minimum Gasteiger partial charge on any atom is -0.381 e. The van der Waals surface area contributed by atoms with E-state index in [1.54, 1.807) is 7.05 Å². The maximum atomic E-state index is 5.59. The molecule has 148 valence electrons. The standard InChI is InChI=1S/C21H33N5O/c1-18(2)17-27-15-7-11-24-21(22-3)25-12-10-20-23-13-14-26(20)16-19-8-5-4-6-9-19/h4-6,8-9,13-14,18H,7,10-12,15-17H2,1-3H3,(H2,22,24,25). The van der Waals surface area contributed by atoms with Gasteiger partial charge in [-0.05, 0) is 17.9 Å². The number of hydrogen-bond donors (Lipinski definition) is 2. The fourth-order valence-electron chi connectivity index (χ4n) is 2.71. The Hall–Kier alpha value is -2.34. The highest BCUT2D eigenvalue weighted by molar-refractivity contribution is 5.79. The minimum atomic E-state index is 0.585.